The van der Waals surface area contributed by atoms with Gasteiger partial charge in [0, 0.05) is 19.8 Å². The zero-order valence-electron chi connectivity index (χ0n) is 11.3. The van der Waals surface area contributed by atoms with Gasteiger partial charge in [0.25, 0.3) is 5.91 Å². The number of rotatable bonds is 3. The highest BCUT2D eigenvalue weighted by molar-refractivity contribution is 7.80. The third-order valence-corrected chi connectivity index (χ3v) is 2.87. The number of aryl methyl sites for hydroxylation is 1. The number of hydrogen-bond acceptors (Lipinski definition) is 3. The fraction of sp³-hybridized carbons (Fsp3) is 0.154. The van der Waals surface area contributed by atoms with E-state index in [9.17, 15) is 9.18 Å². The molecule has 6 nitrogen and oxygen atoms in total. The van der Waals surface area contributed by atoms with Crippen molar-refractivity contribution in [2.45, 2.75) is 6.54 Å². The van der Waals surface area contributed by atoms with E-state index in [0.717, 1.165) is 5.56 Å². The fourth-order valence-corrected chi connectivity index (χ4v) is 1.68. The second kappa shape index (κ2) is 6.80. The van der Waals surface area contributed by atoms with Crippen LogP contribution in [-0.2, 0) is 13.6 Å². The third-order valence-electron chi connectivity index (χ3n) is 2.62. The third kappa shape index (κ3) is 4.53. The van der Waals surface area contributed by atoms with E-state index in [1.54, 1.807) is 25.4 Å². The molecule has 0 aliphatic carbocycles. The zero-order chi connectivity index (χ0) is 15.2. The van der Waals surface area contributed by atoms with Gasteiger partial charge in [0.05, 0.1) is 11.8 Å². The van der Waals surface area contributed by atoms with Gasteiger partial charge in [0.2, 0.25) is 0 Å². The van der Waals surface area contributed by atoms with Crippen molar-refractivity contribution in [1.82, 2.24) is 25.9 Å². The van der Waals surface area contributed by atoms with Crippen LogP contribution in [0.3, 0.4) is 0 Å². The van der Waals surface area contributed by atoms with Crippen LogP contribution in [0.4, 0.5) is 4.39 Å². The number of benzene rings is 1. The molecule has 0 fully saturated rings. The summed E-state index contributed by atoms with van der Waals surface area (Å²) >= 11 is 5.02. The smallest absolute Gasteiger partial charge is 0.272 e. The molecule has 21 heavy (non-hydrogen) atoms. The highest BCUT2D eigenvalue weighted by Crippen LogP contribution is 2.01. The van der Waals surface area contributed by atoms with Crippen LogP contribution in [0.25, 0.3) is 0 Å². The molecule has 0 unspecified atom stereocenters. The van der Waals surface area contributed by atoms with E-state index < -0.39 is 0 Å². The maximum atomic E-state index is 12.7. The fourth-order valence-electron chi connectivity index (χ4n) is 1.55. The maximum Gasteiger partial charge on any atom is 0.272 e. The lowest BCUT2D eigenvalue weighted by molar-refractivity contribution is 0.0943. The number of nitrogens with one attached hydrogen (secondary N) is 3. The van der Waals surface area contributed by atoms with E-state index in [1.807, 2.05) is 0 Å². The molecular weight excluding hydrogens is 293 g/mol. The predicted molar refractivity (Wildman–Crippen MR) is 79.6 cm³/mol. The number of hydrogen-bond donors (Lipinski definition) is 3. The second-order valence-corrected chi connectivity index (χ2v) is 4.70. The van der Waals surface area contributed by atoms with Crippen molar-refractivity contribution in [3.05, 3.63) is 53.6 Å². The first-order chi connectivity index (χ1) is 10.0. The van der Waals surface area contributed by atoms with E-state index in [2.05, 4.69) is 21.3 Å². The molecule has 0 spiro atoms. The van der Waals surface area contributed by atoms with E-state index >= 15 is 0 Å². The van der Waals surface area contributed by atoms with Crippen LogP contribution in [0.1, 0.15) is 15.9 Å². The number of amides is 1. The molecule has 0 aliphatic heterocycles. The van der Waals surface area contributed by atoms with E-state index in [-0.39, 0.29) is 16.8 Å². The Balaban J connectivity index is 1.74. The summed E-state index contributed by atoms with van der Waals surface area (Å²) in [7, 11) is 1.72. The van der Waals surface area contributed by atoms with Gasteiger partial charge < -0.3 is 5.32 Å². The van der Waals surface area contributed by atoms with Gasteiger partial charge in [0.15, 0.2) is 5.11 Å². The Kier molecular flexibility index (Phi) is 4.83. The van der Waals surface area contributed by atoms with Crippen molar-refractivity contribution >= 4 is 23.2 Å². The van der Waals surface area contributed by atoms with Gasteiger partial charge >= 0.3 is 0 Å². The topological polar surface area (TPSA) is 71.0 Å². The Bertz CT molecular complexity index is 640. The van der Waals surface area contributed by atoms with Gasteiger partial charge in [-0.1, -0.05) is 12.1 Å². The molecule has 1 heterocycles. The van der Waals surface area contributed by atoms with Crippen LogP contribution < -0.4 is 16.2 Å². The Labute approximate surface area is 126 Å². The molecule has 1 aromatic heterocycles. The quantitative estimate of drug-likeness (QED) is 0.580. The molecule has 1 aromatic carbocycles. The van der Waals surface area contributed by atoms with Crippen LogP contribution in [0.5, 0.6) is 0 Å². The number of carbonyl (C=O) groups is 1. The Hall–Kier alpha value is -2.48. The normalized spacial score (nSPS) is 10.0. The summed E-state index contributed by atoms with van der Waals surface area (Å²) in [4.78, 5) is 11.7. The molecule has 1 amide bonds. The number of carbonyl (C=O) groups excluding carboxylic acids is 1. The molecule has 3 N–H and O–H groups in total. The maximum absolute atomic E-state index is 12.7. The van der Waals surface area contributed by atoms with Gasteiger partial charge in [-0.15, -0.1) is 0 Å². The molecule has 0 saturated carbocycles. The predicted octanol–water partition coefficient (Wildman–Crippen LogP) is 0.868. The summed E-state index contributed by atoms with van der Waals surface area (Å²) in [5.41, 5.74) is 6.33. The van der Waals surface area contributed by atoms with Gasteiger partial charge in [-0.2, -0.15) is 5.10 Å². The van der Waals surface area contributed by atoms with Crippen molar-refractivity contribution in [3.63, 3.8) is 0 Å². The standard InChI is InChI=1S/C13H14FN5OS/c1-19-8-10(7-16-19)12(20)17-18-13(21)15-6-9-2-4-11(14)5-3-9/h2-5,7-8H,6H2,1H3,(H,17,20)(H2,15,18,21). The lowest BCUT2D eigenvalue weighted by Crippen LogP contribution is -2.46. The first-order valence-electron chi connectivity index (χ1n) is 6.12. The Morgan fingerprint density at radius 1 is 1.33 bits per heavy atom. The highest BCUT2D eigenvalue weighted by Gasteiger charge is 2.07. The van der Waals surface area contributed by atoms with Gasteiger partial charge in [-0.25, -0.2) is 4.39 Å². The van der Waals surface area contributed by atoms with Crippen LogP contribution in [-0.4, -0.2) is 20.8 Å². The zero-order valence-corrected chi connectivity index (χ0v) is 12.1. The summed E-state index contributed by atoms with van der Waals surface area (Å²) in [6.07, 6.45) is 3.04. The van der Waals surface area contributed by atoms with Crippen LogP contribution in [0, 0.1) is 5.82 Å². The number of nitrogens with zero attached hydrogens (tertiary/aromatic N) is 2. The first-order valence-corrected chi connectivity index (χ1v) is 6.52. The van der Waals surface area contributed by atoms with E-state index in [0.29, 0.717) is 12.1 Å². The monoisotopic (exact) mass is 307 g/mol. The molecule has 8 heteroatoms. The van der Waals surface area contributed by atoms with Gasteiger partial charge in [-0.3, -0.25) is 20.3 Å². The number of hydrazine groups is 1. The van der Waals surface area contributed by atoms with Crippen molar-refractivity contribution in [2.75, 3.05) is 0 Å². The molecule has 0 radical (unpaired) electrons. The second-order valence-electron chi connectivity index (χ2n) is 4.29. The molecule has 0 bridgehead atoms. The van der Waals surface area contributed by atoms with Crippen molar-refractivity contribution in [1.29, 1.82) is 0 Å². The average molecular weight is 307 g/mol. The van der Waals surface area contributed by atoms with Gasteiger partial charge in [-0.05, 0) is 29.9 Å². The number of thiocarbonyl (C=S) groups is 1. The van der Waals surface area contributed by atoms with Crippen LogP contribution in [0.15, 0.2) is 36.7 Å². The lowest BCUT2D eigenvalue weighted by Gasteiger charge is -2.11. The summed E-state index contributed by atoms with van der Waals surface area (Å²) in [6.45, 7) is 0.425. The molecule has 0 atom stereocenters. The Morgan fingerprint density at radius 2 is 2.05 bits per heavy atom. The lowest BCUT2D eigenvalue weighted by atomic mass is 10.2. The van der Waals surface area contributed by atoms with Crippen molar-refractivity contribution < 1.29 is 9.18 Å². The first kappa shape index (κ1) is 14.9. The van der Waals surface area contributed by atoms with Crippen LogP contribution >= 0.6 is 12.2 Å². The molecule has 110 valence electrons. The molecule has 0 saturated heterocycles. The number of halogens is 1. The van der Waals surface area contributed by atoms with Crippen LogP contribution in [0.2, 0.25) is 0 Å². The summed E-state index contributed by atoms with van der Waals surface area (Å²) in [6, 6.07) is 6.05. The van der Waals surface area contributed by atoms with Crippen molar-refractivity contribution in [3.8, 4) is 0 Å². The summed E-state index contributed by atoms with van der Waals surface area (Å²) in [5.74, 6) is -0.628. The minimum Gasteiger partial charge on any atom is -0.357 e. The largest absolute Gasteiger partial charge is 0.357 e. The highest BCUT2D eigenvalue weighted by atomic mass is 32.1. The molecular formula is C13H14FN5OS. The van der Waals surface area contributed by atoms with E-state index in [1.165, 1.54) is 23.0 Å². The molecule has 2 aromatic rings. The van der Waals surface area contributed by atoms with Crippen molar-refractivity contribution in [2.24, 2.45) is 7.05 Å². The summed E-state index contributed by atoms with van der Waals surface area (Å²) in [5, 5.41) is 7.05. The SMILES string of the molecule is Cn1cc(C(=O)NNC(=S)NCc2ccc(F)cc2)cn1. The number of aromatic nitrogens is 2. The Morgan fingerprint density at radius 3 is 2.67 bits per heavy atom. The minimum atomic E-state index is -0.339. The summed E-state index contributed by atoms with van der Waals surface area (Å²) < 4.78 is 14.3. The van der Waals surface area contributed by atoms with Gasteiger partial charge in [0.1, 0.15) is 5.82 Å². The van der Waals surface area contributed by atoms with E-state index in [4.69, 9.17) is 12.2 Å². The minimum absolute atomic E-state index is 0.261. The average Bonchev–Trinajstić information content (AvgIpc) is 2.91. The molecule has 0 aliphatic rings. The molecule has 2 rings (SSSR count).